The zero-order valence-corrected chi connectivity index (χ0v) is 9.12. The fourth-order valence-electron chi connectivity index (χ4n) is 1.59. The van der Waals surface area contributed by atoms with Gasteiger partial charge in [0.15, 0.2) is 0 Å². The fourth-order valence-corrected chi connectivity index (χ4v) is 1.59. The van der Waals surface area contributed by atoms with Crippen molar-refractivity contribution < 1.29 is 18.5 Å². The Kier molecular flexibility index (Phi) is 4.74. The molecule has 2 atom stereocenters. The number of nitro groups is 1. The lowest BCUT2D eigenvalue weighted by Crippen LogP contribution is -2.30. The molecular weight excluding hydrogens is 234 g/mol. The number of halogens is 2. The maximum absolute atomic E-state index is 12.7. The average molecular weight is 246 g/mol. The van der Waals surface area contributed by atoms with Gasteiger partial charge in [-0.25, -0.2) is 8.78 Å². The highest BCUT2D eigenvalue weighted by Gasteiger charge is 2.38. The van der Waals surface area contributed by atoms with Gasteiger partial charge < -0.3 is 4.84 Å². The van der Waals surface area contributed by atoms with Gasteiger partial charge in [0.2, 0.25) is 6.43 Å². The minimum Gasteiger partial charge on any atom is -0.395 e. The minimum absolute atomic E-state index is 0.240. The van der Waals surface area contributed by atoms with Crippen LogP contribution in [0.1, 0.15) is 6.92 Å². The molecule has 2 unspecified atom stereocenters. The van der Waals surface area contributed by atoms with Crippen LogP contribution in [-0.4, -0.2) is 24.2 Å². The number of nitrogens with zero attached hydrogens (tertiary/aromatic N) is 2. The van der Waals surface area contributed by atoms with Crippen molar-refractivity contribution in [2.24, 2.45) is 17.0 Å². The largest absolute Gasteiger partial charge is 0.395 e. The Morgan fingerprint density at radius 2 is 2.41 bits per heavy atom. The van der Waals surface area contributed by atoms with Crippen molar-refractivity contribution in [2.75, 3.05) is 6.61 Å². The van der Waals surface area contributed by atoms with E-state index < -0.39 is 23.2 Å². The maximum Gasteiger partial charge on any atom is 0.253 e. The normalized spacial score (nSPS) is 24.1. The summed E-state index contributed by atoms with van der Waals surface area (Å²) in [6, 6.07) is 0. The summed E-state index contributed by atoms with van der Waals surface area (Å²) in [5.74, 6) is -2.20. The molecule has 7 heteroatoms. The predicted octanol–water partition coefficient (Wildman–Crippen LogP) is 2.24. The maximum atomic E-state index is 12.7. The van der Waals surface area contributed by atoms with Crippen LogP contribution >= 0.6 is 0 Å². The zero-order valence-electron chi connectivity index (χ0n) is 9.12. The summed E-state index contributed by atoms with van der Waals surface area (Å²) in [5.41, 5.74) is -0.274. The van der Waals surface area contributed by atoms with Crippen molar-refractivity contribution in [3.8, 4) is 0 Å². The van der Waals surface area contributed by atoms with Gasteiger partial charge in [0.25, 0.3) is 5.70 Å². The molecular formula is C10H12F2N2O3. The van der Waals surface area contributed by atoms with Gasteiger partial charge in [0, 0.05) is 12.3 Å². The molecule has 0 saturated heterocycles. The highest BCUT2D eigenvalue weighted by atomic mass is 19.3. The summed E-state index contributed by atoms with van der Waals surface area (Å²) in [6.45, 7) is 1.35. The monoisotopic (exact) mass is 246 g/mol. The Bertz CT molecular complexity index is 367. The van der Waals surface area contributed by atoms with Crippen molar-refractivity contribution >= 4 is 6.21 Å². The summed E-state index contributed by atoms with van der Waals surface area (Å²) in [4.78, 5) is 14.8. The summed E-state index contributed by atoms with van der Waals surface area (Å²) >= 11 is 0. The topological polar surface area (TPSA) is 64.7 Å². The number of hydrogen-bond donors (Lipinski definition) is 0. The van der Waals surface area contributed by atoms with Crippen LogP contribution in [0, 0.1) is 22.0 Å². The molecule has 0 N–H and O–H groups in total. The van der Waals surface area contributed by atoms with E-state index in [1.165, 1.54) is 24.4 Å². The average Bonchev–Trinajstić information content (AvgIpc) is 2.28. The van der Waals surface area contributed by atoms with Gasteiger partial charge in [-0.3, -0.25) is 10.1 Å². The van der Waals surface area contributed by atoms with Crippen LogP contribution in [0.15, 0.2) is 29.1 Å². The molecule has 94 valence electrons. The highest BCUT2D eigenvalue weighted by Crippen LogP contribution is 2.31. The highest BCUT2D eigenvalue weighted by molar-refractivity contribution is 5.52. The molecule has 0 radical (unpaired) electrons. The van der Waals surface area contributed by atoms with Crippen molar-refractivity contribution in [3.05, 3.63) is 34.0 Å². The second kappa shape index (κ2) is 6.07. The molecule has 0 aromatic carbocycles. The van der Waals surface area contributed by atoms with Crippen molar-refractivity contribution in [1.82, 2.24) is 0 Å². The minimum atomic E-state index is -2.67. The van der Waals surface area contributed by atoms with E-state index in [-0.39, 0.29) is 12.3 Å². The van der Waals surface area contributed by atoms with Gasteiger partial charge in [-0.15, -0.1) is 0 Å². The molecule has 0 amide bonds. The van der Waals surface area contributed by atoms with Crippen LogP contribution in [0.5, 0.6) is 0 Å². The number of allylic oxidation sites excluding steroid dienone is 3. The Balaban J connectivity index is 2.84. The van der Waals surface area contributed by atoms with Crippen LogP contribution in [0.25, 0.3) is 0 Å². The first-order valence-electron chi connectivity index (χ1n) is 4.98. The molecule has 0 bridgehead atoms. The second-order valence-corrected chi connectivity index (χ2v) is 3.41. The second-order valence-electron chi connectivity index (χ2n) is 3.41. The Morgan fingerprint density at radius 3 is 2.94 bits per heavy atom. The van der Waals surface area contributed by atoms with E-state index in [1.54, 1.807) is 6.92 Å². The van der Waals surface area contributed by atoms with Crippen LogP contribution < -0.4 is 0 Å². The van der Waals surface area contributed by atoms with E-state index in [2.05, 4.69) is 5.16 Å². The molecule has 17 heavy (non-hydrogen) atoms. The van der Waals surface area contributed by atoms with Crippen LogP contribution in [0.2, 0.25) is 0 Å². The number of hydrogen-bond acceptors (Lipinski definition) is 4. The first-order chi connectivity index (χ1) is 8.07. The molecule has 0 aromatic heterocycles. The molecule has 1 rings (SSSR count). The van der Waals surface area contributed by atoms with Crippen molar-refractivity contribution in [1.29, 1.82) is 0 Å². The van der Waals surface area contributed by atoms with Crippen LogP contribution in [0.4, 0.5) is 8.78 Å². The quantitative estimate of drug-likeness (QED) is 0.424. The number of rotatable bonds is 5. The Hall–Kier alpha value is -1.79. The molecule has 1 aliphatic rings. The molecule has 0 saturated carbocycles. The van der Waals surface area contributed by atoms with E-state index in [0.29, 0.717) is 0 Å². The van der Waals surface area contributed by atoms with Gasteiger partial charge >= 0.3 is 0 Å². The molecule has 0 aromatic rings. The van der Waals surface area contributed by atoms with E-state index in [9.17, 15) is 18.9 Å². The Morgan fingerprint density at radius 1 is 1.71 bits per heavy atom. The van der Waals surface area contributed by atoms with Gasteiger partial charge in [-0.2, -0.15) is 0 Å². The predicted molar refractivity (Wildman–Crippen MR) is 57.3 cm³/mol. The van der Waals surface area contributed by atoms with E-state index in [4.69, 9.17) is 4.84 Å². The van der Waals surface area contributed by atoms with E-state index in [1.807, 2.05) is 0 Å². The fraction of sp³-hybridized carbons (Fsp3) is 0.500. The van der Waals surface area contributed by atoms with Gasteiger partial charge in [0.05, 0.1) is 16.8 Å². The molecule has 0 fully saturated rings. The summed E-state index contributed by atoms with van der Waals surface area (Å²) in [6.07, 6.45) is 2.40. The van der Waals surface area contributed by atoms with Crippen molar-refractivity contribution in [3.63, 3.8) is 0 Å². The third-order valence-electron chi connectivity index (χ3n) is 2.38. The third-order valence-corrected chi connectivity index (χ3v) is 2.38. The van der Waals surface area contributed by atoms with Gasteiger partial charge in [-0.1, -0.05) is 17.3 Å². The lowest BCUT2D eigenvalue weighted by Gasteiger charge is -2.22. The SMILES string of the molecule is C/C=N\OCC1C([N+](=O)[O-])=CC=CC1C(F)F. The van der Waals surface area contributed by atoms with Crippen LogP contribution in [-0.2, 0) is 4.84 Å². The lowest BCUT2D eigenvalue weighted by atomic mass is 9.86. The van der Waals surface area contributed by atoms with E-state index >= 15 is 0 Å². The lowest BCUT2D eigenvalue weighted by molar-refractivity contribution is -0.437. The molecule has 5 nitrogen and oxygen atoms in total. The van der Waals surface area contributed by atoms with Crippen LogP contribution in [0.3, 0.4) is 0 Å². The first kappa shape index (κ1) is 13.3. The Labute approximate surface area is 96.6 Å². The zero-order chi connectivity index (χ0) is 12.8. The van der Waals surface area contributed by atoms with Gasteiger partial charge in [-0.05, 0) is 6.92 Å². The molecule has 0 aliphatic heterocycles. The molecule has 0 heterocycles. The summed E-state index contributed by atoms with van der Waals surface area (Å²) in [7, 11) is 0. The molecule has 1 aliphatic carbocycles. The van der Waals surface area contributed by atoms with Gasteiger partial charge in [0.1, 0.15) is 6.61 Å². The van der Waals surface area contributed by atoms with Crippen molar-refractivity contribution in [2.45, 2.75) is 13.3 Å². The smallest absolute Gasteiger partial charge is 0.253 e. The number of alkyl halides is 2. The first-order valence-corrected chi connectivity index (χ1v) is 4.98. The third kappa shape index (κ3) is 3.33. The number of oxime groups is 1. The summed E-state index contributed by atoms with van der Waals surface area (Å²) < 4.78 is 25.4. The standard InChI is InChI=1S/C10H12F2N2O3/c1-2-13-17-6-8-7(10(11)12)4-3-5-9(8)14(15)16/h2-5,7-8,10H,6H2,1H3/b13-2-. The summed E-state index contributed by atoms with van der Waals surface area (Å²) in [5, 5.41) is 14.1. The van der Waals surface area contributed by atoms with E-state index in [0.717, 1.165) is 0 Å². The molecule has 0 spiro atoms.